The van der Waals surface area contributed by atoms with E-state index in [1.807, 2.05) is 37.3 Å². The third kappa shape index (κ3) is 3.86. The summed E-state index contributed by atoms with van der Waals surface area (Å²) in [5.74, 6) is 1.97. The Hall–Kier alpha value is -3.91. The molecule has 4 aromatic rings. The van der Waals surface area contributed by atoms with Gasteiger partial charge in [0.25, 0.3) is 12.6 Å². The molecule has 0 saturated carbocycles. The molecule has 1 fully saturated rings. The SMILES string of the molecule is CCn1c(=O)n(-c2nc(C(=O)Nc3cnccc3N3CCB(C#N)CC3)cs2)c2ccccc21. The van der Waals surface area contributed by atoms with E-state index in [0.717, 1.165) is 42.5 Å². The highest BCUT2D eigenvalue weighted by Gasteiger charge is 2.25. The third-order valence-corrected chi connectivity index (χ3v) is 6.96. The summed E-state index contributed by atoms with van der Waals surface area (Å²) in [7, 11) is 0. The van der Waals surface area contributed by atoms with Crippen LogP contribution in [0.1, 0.15) is 17.4 Å². The van der Waals surface area contributed by atoms with E-state index in [1.54, 1.807) is 26.9 Å². The summed E-state index contributed by atoms with van der Waals surface area (Å²) in [6.45, 7) is 4.03. The number of aryl methyl sites for hydroxylation is 1. The number of amides is 1. The fraction of sp³-hybridized carbons (Fsp3) is 0.261. The van der Waals surface area contributed by atoms with Crippen LogP contribution in [0.15, 0.2) is 52.9 Å². The Bertz CT molecular complexity index is 1460. The van der Waals surface area contributed by atoms with Gasteiger partial charge in [-0.05, 0) is 37.8 Å². The van der Waals surface area contributed by atoms with Crippen LogP contribution in [-0.2, 0) is 6.54 Å². The molecule has 1 aromatic carbocycles. The van der Waals surface area contributed by atoms with Crippen molar-refractivity contribution in [1.29, 1.82) is 5.26 Å². The van der Waals surface area contributed by atoms with Crippen molar-refractivity contribution < 1.29 is 4.79 Å². The first-order chi connectivity index (χ1) is 16.6. The van der Waals surface area contributed by atoms with Crippen LogP contribution in [0.5, 0.6) is 0 Å². The topological polar surface area (TPSA) is 109 Å². The second-order valence-electron chi connectivity index (χ2n) is 8.10. The van der Waals surface area contributed by atoms with Crippen LogP contribution in [0.2, 0.25) is 12.6 Å². The molecule has 0 atom stereocenters. The molecule has 0 unspecified atom stereocenters. The van der Waals surface area contributed by atoms with Gasteiger partial charge in [0, 0.05) is 37.2 Å². The molecule has 0 radical (unpaired) electrons. The second kappa shape index (κ2) is 9.15. The van der Waals surface area contributed by atoms with Crippen molar-refractivity contribution in [2.24, 2.45) is 0 Å². The van der Waals surface area contributed by atoms with E-state index in [-0.39, 0.29) is 24.0 Å². The van der Waals surface area contributed by atoms with Gasteiger partial charge in [-0.15, -0.1) is 11.3 Å². The molecular weight excluding hydrogens is 449 g/mol. The van der Waals surface area contributed by atoms with Crippen LogP contribution >= 0.6 is 11.3 Å². The van der Waals surface area contributed by atoms with Crippen molar-refractivity contribution in [3.63, 3.8) is 0 Å². The molecule has 5 rings (SSSR count). The number of aromatic nitrogens is 4. The number of hydrogen-bond donors (Lipinski definition) is 1. The number of hydrogen-bond acceptors (Lipinski definition) is 7. The average molecular weight is 471 g/mol. The number of para-hydroxylation sites is 2. The molecule has 34 heavy (non-hydrogen) atoms. The molecule has 1 aliphatic rings. The summed E-state index contributed by atoms with van der Waals surface area (Å²) in [5.41, 5.74) is 3.11. The van der Waals surface area contributed by atoms with Gasteiger partial charge in [0.2, 0.25) is 0 Å². The number of benzene rings is 1. The highest BCUT2D eigenvalue weighted by atomic mass is 32.1. The molecule has 1 saturated heterocycles. The van der Waals surface area contributed by atoms with Gasteiger partial charge in [-0.2, -0.15) is 0 Å². The van der Waals surface area contributed by atoms with E-state index < -0.39 is 0 Å². The van der Waals surface area contributed by atoms with Crippen LogP contribution in [-0.4, -0.2) is 44.8 Å². The first-order valence-corrected chi connectivity index (χ1v) is 12.0. The van der Waals surface area contributed by atoms with E-state index in [0.29, 0.717) is 17.4 Å². The maximum atomic E-state index is 13.1. The molecule has 0 spiro atoms. The van der Waals surface area contributed by atoms with Gasteiger partial charge in [-0.3, -0.25) is 14.3 Å². The van der Waals surface area contributed by atoms with Crippen LogP contribution in [0, 0.1) is 11.2 Å². The van der Waals surface area contributed by atoms with Crippen molar-refractivity contribution in [2.75, 3.05) is 23.3 Å². The lowest BCUT2D eigenvalue weighted by molar-refractivity contribution is 0.102. The fourth-order valence-electron chi connectivity index (χ4n) is 4.37. The predicted octanol–water partition coefficient (Wildman–Crippen LogP) is 3.29. The van der Waals surface area contributed by atoms with Crippen LogP contribution in [0.3, 0.4) is 0 Å². The second-order valence-corrected chi connectivity index (χ2v) is 8.94. The van der Waals surface area contributed by atoms with Gasteiger partial charge in [0.15, 0.2) is 5.13 Å². The lowest BCUT2D eigenvalue weighted by atomic mass is 9.45. The van der Waals surface area contributed by atoms with Gasteiger partial charge in [-0.25, -0.2) is 19.6 Å². The molecule has 4 heterocycles. The molecule has 1 N–H and O–H groups in total. The number of carbonyl (C=O) groups is 1. The highest BCUT2D eigenvalue weighted by Crippen LogP contribution is 2.28. The summed E-state index contributed by atoms with van der Waals surface area (Å²) in [6.07, 6.45) is 4.90. The maximum absolute atomic E-state index is 13.1. The maximum Gasteiger partial charge on any atom is 0.335 e. The summed E-state index contributed by atoms with van der Waals surface area (Å²) in [4.78, 5) is 36.9. The number of nitriles is 1. The monoisotopic (exact) mass is 471 g/mol. The van der Waals surface area contributed by atoms with Gasteiger partial charge < -0.3 is 10.2 Å². The standard InChI is InChI=1S/C23H22BN7O2S/c1-2-30-19-5-3-4-6-20(19)31(23(30)33)22-28-17(14-34-22)21(32)27-16-13-26-10-7-18(16)29-11-8-24(15-25)9-12-29/h3-7,10,13-14H,2,8-9,11-12H2,1H3,(H,27,32). The summed E-state index contributed by atoms with van der Waals surface area (Å²) in [6, 6.07) is 9.42. The van der Waals surface area contributed by atoms with Crippen molar-refractivity contribution >= 4 is 46.4 Å². The molecule has 1 aliphatic heterocycles. The van der Waals surface area contributed by atoms with Gasteiger partial charge in [-0.1, -0.05) is 12.1 Å². The van der Waals surface area contributed by atoms with E-state index in [2.05, 4.69) is 26.2 Å². The summed E-state index contributed by atoms with van der Waals surface area (Å²) in [5, 5.41) is 14.2. The smallest absolute Gasteiger partial charge is 0.335 e. The Morgan fingerprint density at radius 1 is 1.24 bits per heavy atom. The molecule has 0 aliphatic carbocycles. The Morgan fingerprint density at radius 2 is 2.00 bits per heavy atom. The quantitative estimate of drug-likeness (QED) is 0.448. The number of rotatable bonds is 5. The molecular formula is C23H22BN7O2S. The number of anilines is 2. The zero-order valence-electron chi connectivity index (χ0n) is 18.6. The highest BCUT2D eigenvalue weighted by molar-refractivity contribution is 7.12. The Balaban J connectivity index is 1.41. The third-order valence-electron chi connectivity index (χ3n) is 6.13. The Kier molecular flexibility index (Phi) is 5.90. The van der Waals surface area contributed by atoms with Crippen molar-refractivity contribution in [1.82, 2.24) is 19.1 Å². The Morgan fingerprint density at radius 3 is 2.74 bits per heavy atom. The van der Waals surface area contributed by atoms with Gasteiger partial charge in [0.05, 0.1) is 28.6 Å². The van der Waals surface area contributed by atoms with Crippen LogP contribution in [0.4, 0.5) is 11.4 Å². The number of fused-ring (bicyclic) bond motifs is 1. The molecule has 0 bridgehead atoms. The largest absolute Gasteiger partial charge is 0.371 e. The fourth-order valence-corrected chi connectivity index (χ4v) is 5.17. The zero-order chi connectivity index (χ0) is 23.7. The molecule has 9 nitrogen and oxygen atoms in total. The van der Waals surface area contributed by atoms with Gasteiger partial charge in [0.1, 0.15) is 5.69 Å². The number of nitrogens with one attached hydrogen (secondary N) is 1. The zero-order valence-corrected chi connectivity index (χ0v) is 19.5. The number of imidazole rings is 1. The molecule has 1 amide bonds. The lowest BCUT2D eigenvalue weighted by Gasteiger charge is -2.31. The van der Waals surface area contributed by atoms with Crippen molar-refractivity contribution in [3.8, 4) is 11.1 Å². The number of nitrogens with zero attached hydrogens (tertiary/aromatic N) is 6. The van der Waals surface area contributed by atoms with Crippen molar-refractivity contribution in [2.45, 2.75) is 26.1 Å². The molecule has 170 valence electrons. The minimum Gasteiger partial charge on any atom is -0.371 e. The minimum absolute atomic E-state index is 0.0756. The predicted molar refractivity (Wildman–Crippen MR) is 134 cm³/mol. The van der Waals surface area contributed by atoms with Crippen LogP contribution in [0.25, 0.3) is 16.2 Å². The van der Waals surface area contributed by atoms with E-state index in [4.69, 9.17) is 5.26 Å². The normalized spacial score (nSPS) is 13.8. The van der Waals surface area contributed by atoms with E-state index in [9.17, 15) is 9.59 Å². The number of pyridine rings is 1. The minimum atomic E-state index is -0.365. The first-order valence-electron chi connectivity index (χ1n) is 11.2. The first kappa shape index (κ1) is 21.9. The lowest BCUT2D eigenvalue weighted by Crippen LogP contribution is -2.37. The van der Waals surface area contributed by atoms with E-state index in [1.165, 1.54) is 11.3 Å². The summed E-state index contributed by atoms with van der Waals surface area (Å²) < 4.78 is 3.24. The van der Waals surface area contributed by atoms with Gasteiger partial charge >= 0.3 is 5.69 Å². The average Bonchev–Trinajstić information content (AvgIpc) is 3.46. The molecule has 3 aromatic heterocycles. The number of thiazole rings is 1. The molecule has 11 heteroatoms. The van der Waals surface area contributed by atoms with Crippen molar-refractivity contribution in [3.05, 3.63) is 64.3 Å². The summed E-state index contributed by atoms with van der Waals surface area (Å²) >= 11 is 1.25. The van der Waals surface area contributed by atoms with E-state index >= 15 is 0 Å². The number of carbonyl (C=O) groups excluding carboxylic acids is 1. The van der Waals surface area contributed by atoms with Crippen LogP contribution < -0.4 is 15.9 Å². The Labute approximate surface area is 200 Å².